The molecular formula is C19H25N3O2. The van der Waals surface area contributed by atoms with Crippen molar-refractivity contribution in [1.82, 2.24) is 14.8 Å². The number of carbonyl (C=O) groups excluding carboxylic acids is 1. The molecular weight excluding hydrogens is 302 g/mol. The highest BCUT2D eigenvalue weighted by molar-refractivity contribution is 5.78. The van der Waals surface area contributed by atoms with Crippen LogP contribution in [-0.4, -0.2) is 47.9 Å². The van der Waals surface area contributed by atoms with Gasteiger partial charge in [-0.25, -0.2) is 4.98 Å². The van der Waals surface area contributed by atoms with Crippen LogP contribution in [0.4, 0.5) is 0 Å². The van der Waals surface area contributed by atoms with Gasteiger partial charge in [-0.05, 0) is 38.4 Å². The summed E-state index contributed by atoms with van der Waals surface area (Å²) >= 11 is 0. The van der Waals surface area contributed by atoms with Crippen LogP contribution in [0.2, 0.25) is 0 Å². The molecule has 0 aliphatic carbocycles. The zero-order chi connectivity index (χ0) is 17.1. The number of aryl methyl sites for hydroxylation is 1. The first kappa shape index (κ1) is 16.7. The second kappa shape index (κ2) is 7.18. The Morgan fingerprint density at radius 2 is 2.08 bits per heavy atom. The number of carbonyl (C=O) groups is 1. The highest BCUT2D eigenvalue weighted by atomic mass is 16.3. The topological polar surface area (TPSA) is 49.6 Å². The molecule has 24 heavy (non-hydrogen) atoms. The molecule has 1 aliphatic rings. The van der Waals surface area contributed by atoms with E-state index in [1.165, 1.54) is 5.56 Å². The number of oxazole rings is 1. The van der Waals surface area contributed by atoms with Gasteiger partial charge in [-0.2, -0.15) is 0 Å². The van der Waals surface area contributed by atoms with E-state index in [4.69, 9.17) is 4.42 Å². The number of benzene rings is 1. The molecule has 0 bridgehead atoms. The number of aromatic nitrogens is 1. The van der Waals surface area contributed by atoms with Gasteiger partial charge in [-0.15, -0.1) is 0 Å². The van der Waals surface area contributed by atoms with Crippen molar-refractivity contribution in [1.29, 1.82) is 0 Å². The first-order chi connectivity index (χ1) is 11.5. The van der Waals surface area contributed by atoms with Crippen molar-refractivity contribution in [3.63, 3.8) is 0 Å². The second-order valence-corrected chi connectivity index (χ2v) is 6.82. The third kappa shape index (κ3) is 3.85. The standard InChI is InChI=1S/C19H25N3O2/c1-14-6-8-15(9-7-14)18-20-17(13-24-18)12-22-10-4-5-16(11-22)19(23)21(2)3/h6-9,13,16H,4-5,10-12H2,1-3H3/t16-/m1/s1. The van der Waals surface area contributed by atoms with Crippen LogP contribution in [-0.2, 0) is 11.3 Å². The lowest BCUT2D eigenvalue weighted by atomic mass is 9.96. The van der Waals surface area contributed by atoms with E-state index in [9.17, 15) is 4.79 Å². The Hall–Kier alpha value is -2.14. The molecule has 0 spiro atoms. The maximum Gasteiger partial charge on any atom is 0.226 e. The van der Waals surface area contributed by atoms with E-state index in [0.29, 0.717) is 5.89 Å². The van der Waals surface area contributed by atoms with Crippen LogP contribution in [0, 0.1) is 12.8 Å². The molecule has 0 unspecified atom stereocenters. The Morgan fingerprint density at radius 1 is 1.33 bits per heavy atom. The molecule has 128 valence electrons. The molecule has 2 heterocycles. The minimum absolute atomic E-state index is 0.0946. The van der Waals surface area contributed by atoms with E-state index in [1.807, 2.05) is 26.2 Å². The third-order valence-electron chi connectivity index (χ3n) is 4.53. The lowest BCUT2D eigenvalue weighted by molar-refractivity contribution is -0.134. The summed E-state index contributed by atoms with van der Waals surface area (Å²) in [5.74, 6) is 0.973. The van der Waals surface area contributed by atoms with Gasteiger partial charge in [-0.3, -0.25) is 9.69 Å². The summed E-state index contributed by atoms with van der Waals surface area (Å²) in [6.07, 6.45) is 3.75. The first-order valence-corrected chi connectivity index (χ1v) is 8.48. The van der Waals surface area contributed by atoms with E-state index < -0.39 is 0 Å². The van der Waals surface area contributed by atoms with Crippen molar-refractivity contribution in [2.45, 2.75) is 26.3 Å². The fourth-order valence-corrected chi connectivity index (χ4v) is 3.20. The van der Waals surface area contributed by atoms with Gasteiger partial charge in [0.1, 0.15) is 6.26 Å². The number of amides is 1. The molecule has 5 heteroatoms. The fraction of sp³-hybridized carbons (Fsp3) is 0.474. The van der Waals surface area contributed by atoms with Crippen molar-refractivity contribution < 1.29 is 9.21 Å². The van der Waals surface area contributed by atoms with Crippen molar-refractivity contribution in [2.24, 2.45) is 5.92 Å². The second-order valence-electron chi connectivity index (χ2n) is 6.82. The van der Waals surface area contributed by atoms with Gasteiger partial charge in [0.15, 0.2) is 0 Å². The summed E-state index contributed by atoms with van der Waals surface area (Å²) in [6, 6.07) is 8.16. The molecule has 3 rings (SSSR count). The quantitative estimate of drug-likeness (QED) is 0.866. The number of likely N-dealkylation sites (tertiary alicyclic amines) is 1. The lowest BCUT2D eigenvalue weighted by Gasteiger charge is -2.32. The van der Waals surface area contributed by atoms with Crippen molar-refractivity contribution >= 4 is 5.91 Å². The molecule has 1 fully saturated rings. The van der Waals surface area contributed by atoms with Gasteiger partial charge in [0, 0.05) is 32.7 Å². The van der Waals surface area contributed by atoms with E-state index in [0.717, 1.165) is 43.7 Å². The molecule has 1 aliphatic heterocycles. The Labute approximate surface area is 143 Å². The molecule has 0 saturated carbocycles. The minimum Gasteiger partial charge on any atom is -0.444 e. The van der Waals surface area contributed by atoms with Gasteiger partial charge in [0.25, 0.3) is 0 Å². The summed E-state index contributed by atoms with van der Waals surface area (Å²) in [5, 5.41) is 0. The minimum atomic E-state index is 0.0946. The maximum atomic E-state index is 12.2. The van der Waals surface area contributed by atoms with Gasteiger partial charge in [0.05, 0.1) is 11.6 Å². The summed E-state index contributed by atoms with van der Waals surface area (Å²) in [7, 11) is 3.65. The van der Waals surface area contributed by atoms with Crippen molar-refractivity contribution in [3.05, 3.63) is 41.8 Å². The summed E-state index contributed by atoms with van der Waals surface area (Å²) in [4.78, 5) is 20.8. The first-order valence-electron chi connectivity index (χ1n) is 8.48. The van der Waals surface area contributed by atoms with Crippen molar-refractivity contribution in [2.75, 3.05) is 27.2 Å². The molecule has 5 nitrogen and oxygen atoms in total. The van der Waals surface area contributed by atoms with E-state index in [-0.39, 0.29) is 11.8 Å². The average molecular weight is 327 g/mol. The lowest BCUT2D eigenvalue weighted by Crippen LogP contribution is -2.42. The molecule has 1 atom stereocenters. The van der Waals surface area contributed by atoms with Crippen molar-refractivity contribution in [3.8, 4) is 11.5 Å². The monoisotopic (exact) mass is 327 g/mol. The Kier molecular flexibility index (Phi) is 5.00. The number of nitrogens with zero attached hydrogens (tertiary/aromatic N) is 3. The molecule has 2 aromatic rings. The highest BCUT2D eigenvalue weighted by Crippen LogP contribution is 2.22. The van der Waals surface area contributed by atoms with Gasteiger partial charge >= 0.3 is 0 Å². The van der Waals surface area contributed by atoms with E-state index in [2.05, 4.69) is 28.9 Å². The number of hydrogen-bond donors (Lipinski definition) is 0. The predicted molar refractivity (Wildman–Crippen MR) is 93.4 cm³/mol. The number of hydrogen-bond acceptors (Lipinski definition) is 4. The largest absolute Gasteiger partial charge is 0.444 e. The summed E-state index contributed by atoms with van der Waals surface area (Å²) in [6.45, 7) is 4.59. The van der Waals surface area contributed by atoms with Crippen LogP contribution in [0.5, 0.6) is 0 Å². The zero-order valence-electron chi connectivity index (χ0n) is 14.7. The molecule has 1 aromatic carbocycles. The SMILES string of the molecule is Cc1ccc(-c2nc(CN3CCC[C@@H](C(=O)N(C)C)C3)co2)cc1. The van der Waals surface area contributed by atoms with Gasteiger partial charge < -0.3 is 9.32 Å². The Bertz CT molecular complexity index is 691. The average Bonchev–Trinajstić information content (AvgIpc) is 3.03. The van der Waals surface area contributed by atoms with Crippen LogP contribution in [0.3, 0.4) is 0 Å². The maximum absolute atomic E-state index is 12.2. The third-order valence-corrected chi connectivity index (χ3v) is 4.53. The summed E-state index contributed by atoms with van der Waals surface area (Å²) in [5.41, 5.74) is 3.13. The summed E-state index contributed by atoms with van der Waals surface area (Å²) < 4.78 is 5.63. The van der Waals surface area contributed by atoms with Gasteiger partial charge in [-0.1, -0.05) is 17.7 Å². The van der Waals surface area contributed by atoms with Crippen LogP contribution in [0.25, 0.3) is 11.5 Å². The number of rotatable bonds is 4. The van der Waals surface area contributed by atoms with Crippen LogP contribution >= 0.6 is 0 Å². The molecule has 1 aromatic heterocycles. The Balaban J connectivity index is 1.64. The molecule has 0 radical (unpaired) electrons. The number of piperidine rings is 1. The highest BCUT2D eigenvalue weighted by Gasteiger charge is 2.27. The molecule has 0 N–H and O–H groups in total. The smallest absolute Gasteiger partial charge is 0.226 e. The van der Waals surface area contributed by atoms with Crippen LogP contribution in [0.1, 0.15) is 24.1 Å². The van der Waals surface area contributed by atoms with Crippen LogP contribution < -0.4 is 0 Å². The van der Waals surface area contributed by atoms with Crippen LogP contribution in [0.15, 0.2) is 34.9 Å². The zero-order valence-corrected chi connectivity index (χ0v) is 14.7. The Morgan fingerprint density at radius 3 is 2.79 bits per heavy atom. The molecule has 1 saturated heterocycles. The predicted octanol–water partition coefficient (Wildman–Crippen LogP) is 2.95. The van der Waals surface area contributed by atoms with E-state index in [1.54, 1.807) is 11.2 Å². The van der Waals surface area contributed by atoms with Gasteiger partial charge in [0.2, 0.25) is 11.8 Å². The fourth-order valence-electron chi connectivity index (χ4n) is 3.20. The molecule has 1 amide bonds. The van der Waals surface area contributed by atoms with E-state index >= 15 is 0 Å². The normalized spacial score (nSPS) is 18.5.